The number of hydrogen-bond acceptors (Lipinski definition) is 9. The molecule has 0 bridgehead atoms. The Labute approximate surface area is 352 Å². The highest BCUT2D eigenvalue weighted by Gasteiger charge is 2.44. The summed E-state index contributed by atoms with van der Waals surface area (Å²) in [6, 6.07) is 5.02. The molecule has 1 aliphatic heterocycles. The van der Waals surface area contributed by atoms with Crippen LogP contribution in [0.3, 0.4) is 0 Å². The topological polar surface area (TPSA) is 184 Å². The first-order valence-corrected chi connectivity index (χ1v) is 21.0. The van der Waals surface area contributed by atoms with Crippen molar-refractivity contribution in [2.45, 2.75) is 149 Å². The molecular weight excluding hydrogens is 759 g/mol. The molecule has 0 aliphatic carbocycles. The van der Waals surface area contributed by atoms with Gasteiger partial charge in [0, 0.05) is 41.3 Å². The third kappa shape index (κ3) is 14.2. The molecule has 1 fully saturated rings. The highest BCUT2D eigenvalue weighted by molar-refractivity contribution is 5.92. The highest BCUT2D eigenvalue weighted by atomic mass is 16.6. The van der Waals surface area contributed by atoms with E-state index < -0.39 is 77.8 Å². The first kappa shape index (κ1) is 50.9. The SMILES string of the molecule is CC[C@H](C)[C@H]([C@@H](CC(=O)N1CCC[C@H]1[C@H](OC)[C@@H](C)C(=O)N[C@@H](Cc1ccccc1)C(=O)O)OC)N(C)C(=O)[C@@H](NC(=O)[C@H](C(C)C)N(C)C(=O)OC(C)(C)C)C(C)C. The third-order valence-corrected chi connectivity index (χ3v) is 11.4. The molecule has 1 aromatic rings. The van der Waals surface area contributed by atoms with Crippen LogP contribution in [0.4, 0.5) is 4.79 Å². The summed E-state index contributed by atoms with van der Waals surface area (Å²) in [5.74, 6) is -4.24. The van der Waals surface area contributed by atoms with Gasteiger partial charge in [-0.3, -0.25) is 24.1 Å². The van der Waals surface area contributed by atoms with Crippen molar-refractivity contribution in [3.63, 3.8) is 0 Å². The van der Waals surface area contributed by atoms with Gasteiger partial charge in [-0.25, -0.2) is 9.59 Å². The van der Waals surface area contributed by atoms with E-state index in [1.807, 2.05) is 59.7 Å². The Balaban J connectivity index is 2.30. The monoisotopic (exact) mass is 832 g/mol. The summed E-state index contributed by atoms with van der Waals surface area (Å²) < 4.78 is 17.4. The van der Waals surface area contributed by atoms with Gasteiger partial charge in [0.05, 0.1) is 36.6 Å². The lowest BCUT2D eigenvalue weighted by atomic mass is 9.89. The normalized spacial score (nSPS) is 18.5. The second kappa shape index (κ2) is 22.9. The molecule has 5 amide bonds. The van der Waals surface area contributed by atoms with Crippen molar-refractivity contribution in [1.29, 1.82) is 0 Å². The molecule has 0 saturated carbocycles. The Morgan fingerprint density at radius 2 is 1.49 bits per heavy atom. The number of nitrogens with one attached hydrogen (secondary N) is 2. The van der Waals surface area contributed by atoms with Gasteiger partial charge in [-0.05, 0) is 56.9 Å². The van der Waals surface area contributed by atoms with Crippen molar-refractivity contribution in [1.82, 2.24) is 25.3 Å². The molecule has 59 heavy (non-hydrogen) atoms. The summed E-state index contributed by atoms with van der Waals surface area (Å²) in [5, 5.41) is 15.5. The maximum absolute atomic E-state index is 14.4. The lowest BCUT2D eigenvalue weighted by molar-refractivity contribution is -0.148. The number of rotatable bonds is 21. The van der Waals surface area contributed by atoms with E-state index in [-0.39, 0.29) is 42.4 Å². The number of likely N-dealkylation sites (N-methyl/N-ethyl adjacent to an activating group) is 2. The van der Waals surface area contributed by atoms with Crippen LogP contribution in [0, 0.1) is 23.7 Å². The summed E-state index contributed by atoms with van der Waals surface area (Å²) in [7, 11) is 6.15. The number of aliphatic carboxylic acids is 1. The molecule has 334 valence electrons. The Bertz CT molecular complexity index is 1550. The molecule has 1 heterocycles. The number of nitrogens with zero attached hydrogens (tertiary/aromatic N) is 3. The van der Waals surface area contributed by atoms with Gasteiger partial charge in [-0.2, -0.15) is 0 Å². The maximum atomic E-state index is 14.4. The number of carbonyl (C=O) groups is 6. The smallest absolute Gasteiger partial charge is 0.410 e. The van der Waals surface area contributed by atoms with Crippen LogP contribution in [-0.2, 0) is 44.6 Å². The third-order valence-electron chi connectivity index (χ3n) is 11.4. The number of amides is 5. The standard InChI is InChI=1S/C44H73N5O10/c1-15-28(6)37(47(11)41(53)35(26(2)3)46-40(52)36(27(4)5)48(12)43(56)59-44(8,9)10)33(57-13)25-34(50)49-23-19-22-32(49)38(58-14)29(7)39(51)45-31(42(54)55)24-30-20-17-16-18-21-30/h16-18,20-21,26-29,31-33,35-38H,15,19,22-25H2,1-14H3,(H,45,51)(H,46,52)(H,54,55)/t28-,29+,31-,32-,33+,35-,36-,37+,38+/m0/s1. The predicted molar refractivity (Wildman–Crippen MR) is 225 cm³/mol. The van der Waals surface area contributed by atoms with Gasteiger partial charge in [0.2, 0.25) is 23.6 Å². The molecule has 9 atom stereocenters. The van der Waals surface area contributed by atoms with E-state index in [4.69, 9.17) is 14.2 Å². The first-order valence-electron chi connectivity index (χ1n) is 21.0. The summed E-state index contributed by atoms with van der Waals surface area (Å²) in [4.78, 5) is 85.7. The van der Waals surface area contributed by atoms with Gasteiger partial charge in [-0.15, -0.1) is 0 Å². The fraction of sp³-hybridized carbons (Fsp3) is 0.727. The van der Waals surface area contributed by atoms with Crippen LogP contribution in [0.1, 0.15) is 100 Å². The second-order valence-electron chi connectivity index (χ2n) is 17.7. The van der Waals surface area contributed by atoms with Crippen molar-refractivity contribution in [2.24, 2.45) is 23.7 Å². The van der Waals surface area contributed by atoms with E-state index in [9.17, 15) is 33.9 Å². The molecule has 15 heteroatoms. The van der Waals surface area contributed by atoms with Gasteiger partial charge in [0.15, 0.2) is 0 Å². The summed E-state index contributed by atoms with van der Waals surface area (Å²) in [6.07, 6.45) is -0.132. The van der Waals surface area contributed by atoms with Crippen LogP contribution in [-0.4, -0.2) is 138 Å². The number of benzene rings is 1. The minimum absolute atomic E-state index is 0.0659. The molecule has 2 rings (SSSR count). The molecule has 0 aromatic heterocycles. The van der Waals surface area contributed by atoms with E-state index in [0.29, 0.717) is 25.8 Å². The lowest BCUT2D eigenvalue weighted by Gasteiger charge is -2.41. The number of carbonyl (C=O) groups excluding carboxylic acids is 5. The quantitative estimate of drug-likeness (QED) is 0.156. The lowest BCUT2D eigenvalue weighted by Crippen LogP contribution is -2.60. The number of methoxy groups -OCH3 is 2. The van der Waals surface area contributed by atoms with E-state index in [1.165, 1.54) is 26.2 Å². The molecule has 3 N–H and O–H groups in total. The number of hydrogen-bond donors (Lipinski definition) is 3. The average Bonchev–Trinajstić information content (AvgIpc) is 3.65. The van der Waals surface area contributed by atoms with Crippen molar-refractivity contribution in [3.05, 3.63) is 35.9 Å². The summed E-state index contributed by atoms with van der Waals surface area (Å²) in [6.45, 7) is 18.6. The van der Waals surface area contributed by atoms with Crippen molar-refractivity contribution < 1.29 is 48.1 Å². The van der Waals surface area contributed by atoms with Crippen LogP contribution in [0.25, 0.3) is 0 Å². The Morgan fingerprint density at radius 3 is 1.98 bits per heavy atom. The number of carboxylic acids is 1. The molecule has 0 radical (unpaired) electrons. The Morgan fingerprint density at radius 1 is 0.881 bits per heavy atom. The predicted octanol–water partition coefficient (Wildman–Crippen LogP) is 4.75. The highest BCUT2D eigenvalue weighted by Crippen LogP contribution is 2.30. The zero-order chi connectivity index (χ0) is 44.9. The number of ether oxygens (including phenoxy) is 3. The van der Waals surface area contributed by atoms with E-state index in [1.54, 1.807) is 56.7 Å². The molecule has 1 saturated heterocycles. The van der Waals surface area contributed by atoms with Crippen LogP contribution in [0.15, 0.2) is 30.3 Å². The van der Waals surface area contributed by atoms with Crippen LogP contribution in [0.2, 0.25) is 0 Å². The fourth-order valence-electron chi connectivity index (χ4n) is 8.00. The molecule has 1 aliphatic rings. The Kier molecular flexibility index (Phi) is 19.8. The molecular formula is C44H73N5O10. The molecule has 15 nitrogen and oxygen atoms in total. The largest absolute Gasteiger partial charge is 0.480 e. The van der Waals surface area contributed by atoms with Crippen LogP contribution >= 0.6 is 0 Å². The first-order chi connectivity index (χ1) is 27.5. The average molecular weight is 832 g/mol. The molecule has 0 unspecified atom stereocenters. The fourth-order valence-corrected chi connectivity index (χ4v) is 8.00. The zero-order valence-electron chi connectivity index (χ0n) is 37.9. The summed E-state index contributed by atoms with van der Waals surface area (Å²) in [5.41, 5.74) is 0.00542. The van der Waals surface area contributed by atoms with Crippen molar-refractivity contribution in [2.75, 3.05) is 34.9 Å². The van der Waals surface area contributed by atoms with Gasteiger partial charge in [0.25, 0.3) is 0 Å². The maximum Gasteiger partial charge on any atom is 0.410 e. The van der Waals surface area contributed by atoms with Gasteiger partial charge >= 0.3 is 12.1 Å². The van der Waals surface area contributed by atoms with E-state index in [0.717, 1.165) is 5.56 Å². The molecule has 0 spiro atoms. The van der Waals surface area contributed by atoms with Gasteiger partial charge < -0.3 is 39.8 Å². The van der Waals surface area contributed by atoms with Gasteiger partial charge in [-0.1, -0.05) is 85.2 Å². The number of carboxylic acid groups (broad SMARTS) is 1. The van der Waals surface area contributed by atoms with Crippen LogP contribution < -0.4 is 10.6 Å². The Hall–Kier alpha value is -4.24. The van der Waals surface area contributed by atoms with Gasteiger partial charge in [0.1, 0.15) is 23.7 Å². The van der Waals surface area contributed by atoms with Crippen LogP contribution in [0.5, 0.6) is 0 Å². The van der Waals surface area contributed by atoms with E-state index in [2.05, 4.69) is 10.6 Å². The zero-order valence-corrected chi connectivity index (χ0v) is 37.9. The minimum atomic E-state index is -1.15. The van der Waals surface area contributed by atoms with E-state index >= 15 is 0 Å². The minimum Gasteiger partial charge on any atom is -0.480 e. The molecule has 1 aromatic carbocycles. The van der Waals surface area contributed by atoms with Crippen molar-refractivity contribution in [3.8, 4) is 0 Å². The number of likely N-dealkylation sites (tertiary alicyclic amines) is 1. The van der Waals surface area contributed by atoms with Crippen molar-refractivity contribution >= 4 is 35.7 Å². The summed E-state index contributed by atoms with van der Waals surface area (Å²) >= 11 is 0. The second-order valence-corrected chi connectivity index (χ2v) is 17.7.